The molecule has 0 bridgehead atoms. The first-order valence-corrected chi connectivity index (χ1v) is 17.2. The molecule has 6 heterocycles. The molecule has 0 fully saturated rings. The summed E-state index contributed by atoms with van der Waals surface area (Å²) in [6, 6.07) is 25.2. The van der Waals surface area contributed by atoms with Gasteiger partial charge in [-0.25, -0.2) is 28.7 Å². The monoisotopic (exact) mass is 676 g/mol. The summed E-state index contributed by atoms with van der Waals surface area (Å²) in [6.07, 6.45) is 0. The van der Waals surface area contributed by atoms with Crippen molar-refractivity contribution < 1.29 is 17.6 Å². The van der Waals surface area contributed by atoms with Crippen LogP contribution in [0.5, 0.6) is 0 Å². The van der Waals surface area contributed by atoms with E-state index < -0.39 is 0 Å². The van der Waals surface area contributed by atoms with E-state index in [1.165, 1.54) is 46.9 Å². The summed E-state index contributed by atoms with van der Waals surface area (Å²) in [5, 5.41) is 4.32. The van der Waals surface area contributed by atoms with Crippen molar-refractivity contribution in [1.82, 2.24) is 19.9 Å². The molecule has 46 heavy (non-hydrogen) atoms. The maximum atomic E-state index is 13.7. The average molecular weight is 677 g/mol. The maximum Gasteiger partial charge on any atom is 0.237 e. The van der Waals surface area contributed by atoms with E-state index in [1.54, 1.807) is 34.8 Å². The van der Waals surface area contributed by atoms with E-state index in [2.05, 4.69) is 22.1 Å². The van der Waals surface area contributed by atoms with E-state index in [9.17, 15) is 8.78 Å². The Morgan fingerprint density at radius 3 is 1.78 bits per heavy atom. The first-order valence-electron chi connectivity index (χ1n) is 14.0. The van der Waals surface area contributed by atoms with Gasteiger partial charge in [0.15, 0.2) is 27.1 Å². The van der Waals surface area contributed by atoms with Gasteiger partial charge in [-0.2, -0.15) is 0 Å². The van der Waals surface area contributed by atoms with E-state index in [0.717, 1.165) is 66.7 Å². The van der Waals surface area contributed by atoms with Crippen molar-refractivity contribution in [3.63, 3.8) is 0 Å². The van der Waals surface area contributed by atoms with Gasteiger partial charge in [-0.15, -0.1) is 45.3 Å². The minimum atomic E-state index is -0.285. The van der Waals surface area contributed by atoms with Gasteiger partial charge >= 0.3 is 0 Å². The van der Waals surface area contributed by atoms with Crippen LogP contribution in [-0.2, 0) is 0 Å². The van der Waals surface area contributed by atoms with Crippen LogP contribution in [0.15, 0.2) is 93.8 Å². The maximum absolute atomic E-state index is 13.7. The largest absolute Gasteiger partial charge is 0.451 e. The van der Waals surface area contributed by atoms with Crippen molar-refractivity contribution in [2.75, 3.05) is 0 Å². The lowest BCUT2D eigenvalue weighted by Crippen LogP contribution is -1.76. The third-order valence-corrected chi connectivity index (χ3v) is 11.9. The lowest BCUT2D eigenvalue weighted by atomic mass is 10.1. The van der Waals surface area contributed by atoms with E-state index in [1.807, 2.05) is 36.4 Å². The average Bonchev–Trinajstić information content (AvgIpc) is 3.87. The molecule has 0 unspecified atom stereocenters. The fraction of sp³-hybridized carbons (Fsp3) is 0. The molecule has 0 amide bonds. The van der Waals surface area contributed by atoms with E-state index in [0.29, 0.717) is 28.0 Å². The Morgan fingerprint density at radius 1 is 0.457 bits per heavy atom. The Balaban J connectivity index is 0.968. The summed E-state index contributed by atoms with van der Waals surface area (Å²) in [6.45, 7) is 0. The summed E-state index contributed by atoms with van der Waals surface area (Å²) >= 11 is 5.95. The smallest absolute Gasteiger partial charge is 0.237 e. The third-order valence-electron chi connectivity index (χ3n) is 7.61. The molecule has 12 heteroatoms. The van der Waals surface area contributed by atoms with Crippen LogP contribution in [0.4, 0.5) is 8.78 Å². The first kappa shape index (κ1) is 26.3. The predicted molar refractivity (Wildman–Crippen MR) is 183 cm³/mol. The van der Waals surface area contributed by atoms with Gasteiger partial charge in [0.1, 0.15) is 22.2 Å². The number of benzene rings is 4. The SMILES string of the molecule is Fc1ccc2nc(-c3ccc(-c4nc5cc6cc7oc(-c8ccc(-c9nc%10ccc(F)cc%10s9)s8)nc7cc6cc5s4)o3)sc2c1. The zero-order valence-electron chi connectivity index (χ0n) is 23.1. The van der Waals surface area contributed by atoms with Crippen LogP contribution < -0.4 is 0 Å². The molecule has 6 aromatic heterocycles. The lowest BCUT2D eigenvalue weighted by molar-refractivity contribution is 0.596. The predicted octanol–water partition coefficient (Wildman–Crippen LogP) is 11.4. The topological polar surface area (TPSA) is 77.8 Å². The molecule has 0 N–H and O–H groups in total. The first-order chi connectivity index (χ1) is 22.5. The number of hydrogen-bond acceptors (Lipinski definition) is 10. The minimum absolute atomic E-state index is 0.266. The quantitative estimate of drug-likeness (QED) is 0.185. The number of nitrogens with zero attached hydrogens (tertiary/aromatic N) is 4. The molecule has 10 aromatic rings. The van der Waals surface area contributed by atoms with Gasteiger partial charge < -0.3 is 8.83 Å². The molecule has 0 aliphatic carbocycles. The number of fused-ring (bicyclic) bond motifs is 5. The summed E-state index contributed by atoms with van der Waals surface area (Å²) in [5.41, 5.74) is 3.83. The van der Waals surface area contributed by atoms with Gasteiger partial charge in [-0.3, -0.25) is 0 Å². The second-order valence-corrected chi connectivity index (χ2v) is 14.8. The molecule has 0 radical (unpaired) electrons. The van der Waals surface area contributed by atoms with Crippen LogP contribution in [0.25, 0.3) is 94.7 Å². The Morgan fingerprint density at radius 2 is 1.04 bits per heavy atom. The van der Waals surface area contributed by atoms with Crippen molar-refractivity contribution >= 4 is 97.9 Å². The molecule has 0 saturated carbocycles. The second kappa shape index (κ2) is 9.81. The van der Waals surface area contributed by atoms with E-state index in [-0.39, 0.29) is 11.6 Å². The zero-order valence-corrected chi connectivity index (χ0v) is 26.3. The van der Waals surface area contributed by atoms with Crippen LogP contribution in [0.1, 0.15) is 0 Å². The van der Waals surface area contributed by atoms with Crippen LogP contribution in [0, 0.1) is 11.6 Å². The lowest BCUT2D eigenvalue weighted by Gasteiger charge is -1.97. The molecule has 0 atom stereocenters. The standard InChI is InChI=1S/C34H14F2N4O2S4/c35-17-1-3-19-29(13-17)45-32(38-19)23-5-6-24(41-23)33-40-22-10-15-11-25-21(9-16(15)12-28(22)44-33)37-31(42-25)26-7-8-27(43-26)34-39-20-4-2-18(36)14-30(20)46-34/h1-14H. The molecule has 0 aliphatic rings. The number of thiophene rings is 1. The number of oxazole rings is 1. The van der Waals surface area contributed by atoms with Crippen molar-refractivity contribution in [3.8, 4) is 42.2 Å². The fourth-order valence-corrected chi connectivity index (χ4v) is 9.34. The van der Waals surface area contributed by atoms with Crippen LogP contribution >= 0.6 is 45.3 Å². The molecule has 220 valence electrons. The van der Waals surface area contributed by atoms with Gasteiger partial charge in [-0.1, -0.05) is 0 Å². The highest BCUT2D eigenvalue weighted by atomic mass is 32.1. The second-order valence-electron chi connectivity index (χ2n) is 10.6. The van der Waals surface area contributed by atoms with Crippen LogP contribution in [0.2, 0.25) is 0 Å². The zero-order chi connectivity index (χ0) is 30.5. The molecule has 10 rings (SSSR count). The minimum Gasteiger partial charge on any atom is -0.451 e. The summed E-state index contributed by atoms with van der Waals surface area (Å²) in [7, 11) is 0. The molecule has 6 nitrogen and oxygen atoms in total. The number of rotatable bonds is 4. The van der Waals surface area contributed by atoms with Crippen molar-refractivity contribution in [3.05, 3.63) is 96.6 Å². The van der Waals surface area contributed by atoms with Gasteiger partial charge in [0.25, 0.3) is 0 Å². The Labute approximate surface area is 272 Å². The number of thiazole rings is 3. The highest BCUT2D eigenvalue weighted by Gasteiger charge is 2.18. The molecule has 0 saturated heterocycles. The summed E-state index contributed by atoms with van der Waals surface area (Å²) in [5.74, 6) is 1.27. The fourth-order valence-electron chi connectivity index (χ4n) is 5.45. The number of hydrogen-bond donors (Lipinski definition) is 0. The number of halogens is 2. The normalized spacial score (nSPS) is 12.1. The summed E-state index contributed by atoms with van der Waals surface area (Å²) in [4.78, 5) is 20.8. The van der Waals surface area contributed by atoms with Crippen molar-refractivity contribution in [2.45, 2.75) is 0 Å². The number of furan rings is 1. The third kappa shape index (κ3) is 4.29. The summed E-state index contributed by atoms with van der Waals surface area (Å²) < 4.78 is 42.3. The van der Waals surface area contributed by atoms with E-state index in [4.69, 9.17) is 18.8 Å². The molecular formula is C34H14F2N4O2S4. The molecular weight excluding hydrogens is 663 g/mol. The van der Waals surface area contributed by atoms with Crippen molar-refractivity contribution in [1.29, 1.82) is 0 Å². The Kier molecular flexibility index (Phi) is 5.62. The van der Waals surface area contributed by atoms with Crippen molar-refractivity contribution in [2.24, 2.45) is 0 Å². The van der Waals surface area contributed by atoms with Crippen LogP contribution in [0.3, 0.4) is 0 Å². The van der Waals surface area contributed by atoms with Gasteiger partial charge in [0.2, 0.25) is 5.89 Å². The molecule has 4 aromatic carbocycles. The van der Waals surface area contributed by atoms with E-state index >= 15 is 0 Å². The highest BCUT2D eigenvalue weighted by Crippen LogP contribution is 2.41. The molecule has 0 spiro atoms. The van der Waals surface area contributed by atoms with Crippen LogP contribution in [-0.4, -0.2) is 19.9 Å². The molecule has 0 aliphatic heterocycles. The number of aromatic nitrogens is 4. The van der Waals surface area contributed by atoms with Gasteiger partial charge in [0, 0.05) is 0 Å². The van der Waals surface area contributed by atoms with Gasteiger partial charge in [0.05, 0.1) is 40.4 Å². The van der Waals surface area contributed by atoms with Gasteiger partial charge in [-0.05, 0) is 95.7 Å². The Hall–Kier alpha value is -4.88. The Bertz CT molecular complexity index is 2560. The highest BCUT2D eigenvalue weighted by molar-refractivity contribution is 7.26.